The zero-order valence-electron chi connectivity index (χ0n) is 18.9. The van der Waals surface area contributed by atoms with Crippen molar-refractivity contribution < 1.29 is 19.3 Å². The van der Waals surface area contributed by atoms with Gasteiger partial charge in [0.25, 0.3) is 0 Å². The van der Waals surface area contributed by atoms with Gasteiger partial charge in [0.2, 0.25) is 17.6 Å². The van der Waals surface area contributed by atoms with Crippen LogP contribution >= 0.6 is 0 Å². The second-order valence-corrected chi connectivity index (χ2v) is 7.29. The molecule has 0 saturated carbocycles. The van der Waals surface area contributed by atoms with E-state index in [9.17, 15) is 5.11 Å². The number of phenolic OH excluding ortho intramolecular Hbond substituents is 1. The van der Waals surface area contributed by atoms with Crippen LogP contribution in [0.4, 0.5) is 11.6 Å². The monoisotopic (exact) mass is 471 g/mol. The normalized spacial score (nSPS) is 10.8. The SMILES string of the molecule is COc1cc(Nc2ncnc(-n3c(OCc4ccccn4)nc4ccccc43)n2)cc(OC)c1O. The molecule has 35 heavy (non-hydrogen) atoms. The van der Waals surface area contributed by atoms with Crippen LogP contribution in [0.25, 0.3) is 17.0 Å². The van der Waals surface area contributed by atoms with E-state index in [2.05, 4.69) is 30.2 Å². The number of hydrogen-bond donors (Lipinski definition) is 2. The van der Waals surface area contributed by atoms with E-state index < -0.39 is 0 Å². The quantitative estimate of drug-likeness (QED) is 0.323. The van der Waals surface area contributed by atoms with Crippen LogP contribution in [0, 0.1) is 0 Å². The third-order valence-corrected chi connectivity index (χ3v) is 5.10. The Balaban J connectivity index is 1.50. The average molecular weight is 471 g/mol. The van der Waals surface area contributed by atoms with Gasteiger partial charge >= 0.3 is 6.01 Å². The molecule has 0 amide bonds. The first kappa shape index (κ1) is 21.9. The van der Waals surface area contributed by atoms with E-state index >= 15 is 0 Å². The summed E-state index contributed by atoms with van der Waals surface area (Å²) in [6.45, 7) is 0.230. The zero-order chi connectivity index (χ0) is 24.2. The number of phenols is 1. The van der Waals surface area contributed by atoms with Crippen molar-refractivity contribution in [2.45, 2.75) is 6.61 Å². The number of methoxy groups -OCH3 is 2. The standard InChI is InChI=1S/C24H21N7O4/c1-33-19-11-16(12-20(34-2)21(19)32)28-22-26-14-27-23(30-22)31-18-9-4-3-8-17(18)29-24(31)35-13-15-7-5-6-10-25-15/h3-12,14,32H,13H2,1-2H3,(H,26,27,28,30). The summed E-state index contributed by atoms with van der Waals surface area (Å²) in [5.74, 6) is 0.957. The second kappa shape index (κ2) is 9.51. The molecule has 0 bridgehead atoms. The molecule has 0 fully saturated rings. The van der Waals surface area contributed by atoms with Crippen molar-refractivity contribution in [3.05, 3.63) is 72.8 Å². The molecule has 11 nitrogen and oxygen atoms in total. The molecule has 0 unspecified atom stereocenters. The van der Waals surface area contributed by atoms with E-state index in [1.807, 2.05) is 42.5 Å². The Morgan fingerprint density at radius 2 is 1.69 bits per heavy atom. The number of nitrogens with zero attached hydrogens (tertiary/aromatic N) is 6. The first-order chi connectivity index (χ1) is 17.2. The number of imidazole rings is 1. The van der Waals surface area contributed by atoms with Crippen LogP contribution in [0.5, 0.6) is 23.3 Å². The number of fused-ring (bicyclic) bond motifs is 1. The minimum absolute atomic E-state index is 0.100. The molecule has 176 valence electrons. The molecule has 0 aliphatic rings. The van der Waals surface area contributed by atoms with Gasteiger partial charge in [-0.15, -0.1) is 0 Å². The van der Waals surface area contributed by atoms with Crippen molar-refractivity contribution >= 4 is 22.7 Å². The number of benzene rings is 2. The van der Waals surface area contributed by atoms with Crippen molar-refractivity contribution in [3.63, 3.8) is 0 Å². The van der Waals surface area contributed by atoms with Crippen LogP contribution in [-0.2, 0) is 6.61 Å². The molecule has 11 heteroatoms. The van der Waals surface area contributed by atoms with Gasteiger partial charge in [-0.25, -0.2) is 14.5 Å². The number of aromatic hydroxyl groups is 1. The smallest absolute Gasteiger partial charge is 0.304 e. The second-order valence-electron chi connectivity index (χ2n) is 7.29. The van der Waals surface area contributed by atoms with Crippen LogP contribution in [0.15, 0.2) is 67.1 Å². The summed E-state index contributed by atoms with van der Waals surface area (Å²) in [4.78, 5) is 22.0. The molecule has 5 rings (SSSR count). The lowest BCUT2D eigenvalue weighted by Gasteiger charge is -2.13. The summed E-state index contributed by atoms with van der Waals surface area (Å²) in [6.07, 6.45) is 3.09. The van der Waals surface area contributed by atoms with Gasteiger partial charge in [0, 0.05) is 24.0 Å². The fraction of sp³-hybridized carbons (Fsp3) is 0.125. The number of aromatic nitrogens is 6. The van der Waals surface area contributed by atoms with E-state index in [1.54, 1.807) is 22.9 Å². The number of nitrogens with one attached hydrogen (secondary N) is 1. The lowest BCUT2D eigenvalue weighted by Crippen LogP contribution is -2.09. The summed E-state index contributed by atoms with van der Waals surface area (Å²) < 4.78 is 18.2. The van der Waals surface area contributed by atoms with Gasteiger partial charge < -0.3 is 24.6 Å². The Bertz CT molecular complexity index is 1450. The van der Waals surface area contributed by atoms with Crippen molar-refractivity contribution in [1.29, 1.82) is 0 Å². The number of anilines is 2. The molecular weight excluding hydrogens is 450 g/mol. The van der Waals surface area contributed by atoms with Gasteiger partial charge in [0.1, 0.15) is 12.9 Å². The maximum absolute atomic E-state index is 10.2. The topological polar surface area (TPSA) is 129 Å². The molecule has 0 spiro atoms. The molecule has 3 aromatic heterocycles. The van der Waals surface area contributed by atoms with Gasteiger partial charge in [0.05, 0.1) is 30.9 Å². The molecule has 0 aliphatic carbocycles. The molecular formula is C24H21N7O4. The van der Waals surface area contributed by atoms with Gasteiger partial charge in [-0.3, -0.25) is 4.98 Å². The number of rotatable bonds is 8. The maximum Gasteiger partial charge on any atom is 0.304 e. The largest absolute Gasteiger partial charge is 0.502 e. The van der Waals surface area contributed by atoms with Gasteiger partial charge in [-0.05, 0) is 24.3 Å². The van der Waals surface area contributed by atoms with Crippen molar-refractivity contribution in [2.75, 3.05) is 19.5 Å². The lowest BCUT2D eigenvalue weighted by molar-refractivity contribution is 0.272. The highest BCUT2D eigenvalue weighted by atomic mass is 16.5. The number of hydrogen-bond acceptors (Lipinski definition) is 10. The molecule has 2 N–H and O–H groups in total. The Labute approximate surface area is 200 Å². The van der Waals surface area contributed by atoms with E-state index in [0.717, 1.165) is 16.7 Å². The summed E-state index contributed by atoms with van der Waals surface area (Å²) >= 11 is 0. The van der Waals surface area contributed by atoms with Crippen LogP contribution in [0.1, 0.15) is 5.69 Å². The Morgan fingerprint density at radius 3 is 2.43 bits per heavy atom. The van der Waals surface area contributed by atoms with Gasteiger partial charge in [0.15, 0.2) is 11.5 Å². The van der Waals surface area contributed by atoms with Crippen molar-refractivity contribution in [1.82, 2.24) is 29.5 Å². The van der Waals surface area contributed by atoms with Gasteiger partial charge in [-0.2, -0.15) is 9.97 Å². The van der Waals surface area contributed by atoms with E-state index in [0.29, 0.717) is 17.6 Å². The molecule has 0 radical (unpaired) electrons. The summed E-state index contributed by atoms with van der Waals surface area (Å²) in [5, 5.41) is 13.3. The van der Waals surface area contributed by atoms with Crippen molar-refractivity contribution in [3.8, 4) is 29.2 Å². The average Bonchev–Trinajstić information content (AvgIpc) is 3.27. The Hall–Kier alpha value is -4.93. The van der Waals surface area contributed by atoms with E-state index in [4.69, 9.17) is 14.2 Å². The highest BCUT2D eigenvalue weighted by molar-refractivity contribution is 5.78. The minimum Gasteiger partial charge on any atom is -0.502 e. The summed E-state index contributed by atoms with van der Waals surface area (Å²) in [5.41, 5.74) is 2.81. The first-order valence-corrected chi connectivity index (χ1v) is 10.6. The molecule has 3 heterocycles. The van der Waals surface area contributed by atoms with Crippen LogP contribution in [0.3, 0.4) is 0 Å². The number of ether oxygens (including phenoxy) is 3. The Kier molecular flexibility index (Phi) is 5.95. The maximum atomic E-state index is 10.2. The molecule has 5 aromatic rings. The van der Waals surface area contributed by atoms with Crippen LogP contribution < -0.4 is 19.5 Å². The number of para-hydroxylation sites is 2. The van der Waals surface area contributed by atoms with Crippen molar-refractivity contribution in [2.24, 2.45) is 0 Å². The fourth-order valence-electron chi connectivity index (χ4n) is 3.47. The summed E-state index contributed by atoms with van der Waals surface area (Å²) in [7, 11) is 2.91. The lowest BCUT2D eigenvalue weighted by atomic mass is 10.2. The predicted octanol–water partition coefficient (Wildman–Crippen LogP) is 3.65. The third kappa shape index (κ3) is 4.47. The Morgan fingerprint density at radius 1 is 0.914 bits per heavy atom. The predicted molar refractivity (Wildman–Crippen MR) is 128 cm³/mol. The molecule has 0 aliphatic heterocycles. The molecule has 0 saturated heterocycles. The fourth-order valence-corrected chi connectivity index (χ4v) is 3.47. The highest BCUT2D eigenvalue weighted by Crippen LogP contribution is 2.39. The third-order valence-electron chi connectivity index (χ3n) is 5.10. The number of pyridine rings is 1. The summed E-state index contributed by atoms with van der Waals surface area (Å²) in [6, 6.07) is 16.7. The minimum atomic E-state index is -0.100. The highest BCUT2D eigenvalue weighted by Gasteiger charge is 2.18. The van der Waals surface area contributed by atoms with E-state index in [-0.39, 0.29) is 29.8 Å². The van der Waals surface area contributed by atoms with Crippen LogP contribution in [-0.4, -0.2) is 48.8 Å². The van der Waals surface area contributed by atoms with Crippen LogP contribution in [0.2, 0.25) is 0 Å². The van der Waals surface area contributed by atoms with E-state index in [1.165, 1.54) is 20.5 Å². The first-order valence-electron chi connectivity index (χ1n) is 10.6. The molecule has 2 aromatic carbocycles. The molecule has 0 atom stereocenters. The van der Waals surface area contributed by atoms with Gasteiger partial charge in [-0.1, -0.05) is 18.2 Å². The zero-order valence-corrected chi connectivity index (χ0v) is 18.9.